The maximum Gasteiger partial charge on any atom is 0.249 e. The third-order valence-corrected chi connectivity index (χ3v) is 6.60. The Balaban J connectivity index is 1.59. The van der Waals surface area contributed by atoms with Gasteiger partial charge in [0.1, 0.15) is 11.5 Å². The molecule has 0 saturated carbocycles. The zero-order valence-corrected chi connectivity index (χ0v) is 18.6. The Morgan fingerprint density at radius 2 is 1.74 bits per heavy atom. The molecule has 4 aromatic rings. The molecule has 0 aliphatic carbocycles. The zero-order chi connectivity index (χ0) is 23.7. The molecular weight excluding hydrogens is 451 g/mol. The molecule has 8 heteroatoms. The van der Waals surface area contributed by atoms with Crippen molar-refractivity contribution in [2.45, 2.75) is 10.6 Å². The minimum Gasteiger partial charge on any atom is -0.325 e. The van der Waals surface area contributed by atoms with Crippen molar-refractivity contribution >= 4 is 29.1 Å². The lowest BCUT2D eigenvalue weighted by Crippen LogP contribution is -2.29. The largest absolute Gasteiger partial charge is 0.325 e. The zero-order valence-electron chi connectivity index (χ0n) is 17.7. The van der Waals surface area contributed by atoms with Crippen LogP contribution in [0.3, 0.4) is 0 Å². The first-order chi connectivity index (χ1) is 16.6. The van der Waals surface area contributed by atoms with Gasteiger partial charge < -0.3 is 5.32 Å². The molecule has 6 nitrogen and oxygen atoms in total. The molecule has 3 aromatic carbocycles. The number of thioether (sulfide) groups is 1. The number of rotatable bonds is 5. The predicted octanol–water partition coefficient (Wildman–Crippen LogP) is 5.25. The highest BCUT2D eigenvalue weighted by Gasteiger charge is 2.35. The minimum absolute atomic E-state index is 0.0658. The standard InChI is InChI=1S/C26H17FN4O2S/c27-16-10-12-18(13-11-16)31-24-19-8-4-5-9-22(19)34-15-21(24)23(30-31)25(32)20(14-28)26(33)29-17-6-2-1-3-7-17/h1-13,20H,15H2,(H,29,33). The lowest BCUT2D eigenvalue weighted by molar-refractivity contribution is -0.117. The smallest absolute Gasteiger partial charge is 0.249 e. The number of para-hydroxylation sites is 1. The molecule has 1 N–H and O–H groups in total. The molecule has 0 fully saturated rings. The van der Waals surface area contributed by atoms with Gasteiger partial charge in [0.2, 0.25) is 11.7 Å². The van der Waals surface area contributed by atoms with Gasteiger partial charge in [-0.1, -0.05) is 36.4 Å². The third-order valence-electron chi connectivity index (χ3n) is 5.50. The van der Waals surface area contributed by atoms with E-state index < -0.39 is 17.6 Å². The summed E-state index contributed by atoms with van der Waals surface area (Å²) in [6.07, 6.45) is 0. The Kier molecular flexibility index (Phi) is 5.70. The van der Waals surface area contributed by atoms with Crippen LogP contribution in [-0.4, -0.2) is 21.5 Å². The van der Waals surface area contributed by atoms with E-state index in [0.717, 1.165) is 10.5 Å². The maximum atomic E-state index is 13.6. The maximum absolute atomic E-state index is 13.6. The van der Waals surface area contributed by atoms with Crippen molar-refractivity contribution in [2.75, 3.05) is 5.32 Å². The Bertz CT molecular complexity index is 1440. The number of Topliss-reactive ketones (excluding diaryl/α,β-unsaturated/α-hetero) is 1. The number of nitrogens with one attached hydrogen (secondary N) is 1. The molecule has 5 rings (SSSR count). The third kappa shape index (κ3) is 3.87. The average Bonchev–Trinajstić information content (AvgIpc) is 3.26. The Hall–Kier alpha value is -4.22. The van der Waals surface area contributed by atoms with E-state index in [4.69, 9.17) is 0 Å². The fraction of sp³-hybridized carbons (Fsp3) is 0.0769. The van der Waals surface area contributed by atoms with Crippen molar-refractivity contribution in [3.63, 3.8) is 0 Å². The van der Waals surface area contributed by atoms with Crippen LogP contribution in [0.1, 0.15) is 16.1 Å². The number of halogens is 1. The number of hydrogen-bond acceptors (Lipinski definition) is 5. The molecule has 1 aliphatic rings. The van der Waals surface area contributed by atoms with Crippen LogP contribution in [-0.2, 0) is 10.5 Å². The van der Waals surface area contributed by atoms with Gasteiger partial charge in [-0.05, 0) is 42.5 Å². The van der Waals surface area contributed by atoms with Crippen LogP contribution in [0.25, 0.3) is 16.9 Å². The fourth-order valence-electron chi connectivity index (χ4n) is 3.88. The summed E-state index contributed by atoms with van der Waals surface area (Å²) in [6.45, 7) is 0. The van der Waals surface area contributed by atoms with E-state index in [0.29, 0.717) is 28.4 Å². The molecule has 34 heavy (non-hydrogen) atoms. The molecule has 0 bridgehead atoms. The van der Waals surface area contributed by atoms with E-state index in [1.165, 1.54) is 12.1 Å². The molecule has 1 unspecified atom stereocenters. The van der Waals surface area contributed by atoms with Crippen LogP contribution in [0.4, 0.5) is 10.1 Å². The molecule has 0 spiro atoms. The number of ketones is 1. The van der Waals surface area contributed by atoms with E-state index in [-0.39, 0.29) is 11.5 Å². The first-order valence-corrected chi connectivity index (χ1v) is 11.4. The molecule has 0 radical (unpaired) electrons. The van der Waals surface area contributed by atoms with Crippen LogP contribution < -0.4 is 5.32 Å². The first-order valence-electron chi connectivity index (χ1n) is 10.5. The van der Waals surface area contributed by atoms with Crippen molar-refractivity contribution < 1.29 is 14.0 Å². The van der Waals surface area contributed by atoms with Gasteiger partial charge in [0.15, 0.2) is 5.92 Å². The Morgan fingerprint density at radius 1 is 1.03 bits per heavy atom. The number of benzene rings is 3. The lowest BCUT2D eigenvalue weighted by Gasteiger charge is -2.18. The van der Waals surface area contributed by atoms with Crippen LogP contribution >= 0.6 is 11.8 Å². The summed E-state index contributed by atoms with van der Waals surface area (Å²) in [5.41, 5.74) is 3.35. The topological polar surface area (TPSA) is 87.8 Å². The van der Waals surface area contributed by atoms with Gasteiger partial charge in [-0.2, -0.15) is 10.4 Å². The number of nitrogens with zero attached hydrogens (tertiary/aromatic N) is 3. The number of hydrogen-bond donors (Lipinski definition) is 1. The van der Waals surface area contributed by atoms with Crippen LogP contribution in [0.15, 0.2) is 83.8 Å². The van der Waals surface area contributed by atoms with E-state index in [9.17, 15) is 19.2 Å². The van der Waals surface area contributed by atoms with Gasteiger partial charge in [0.25, 0.3) is 0 Å². The summed E-state index contributed by atoms with van der Waals surface area (Å²) >= 11 is 1.56. The molecule has 1 aliphatic heterocycles. The number of carbonyl (C=O) groups excluding carboxylic acids is 2. The number of nitriles is 1. The predicted molar refractivity (Wildman–Crippen MR) is 127 cm³/mol. The lowest BCUT2D eigenvalue weighted by atomic mass is 9.97. The highest BCUT2D eigenvalue weighted by molar-refractivity contribution is 7.98. The number of fused-ring (bicyclic) bond motifs is 3. The Morgan fingerprint density at radius 3 is 2.47 bits per heavy atom. The van der Waals surface area contributed by atoms with Gasteiger partial charge in [-0.15, -0.1) is 11.8 Å². The second kappa shape index (κ2) is 8.96. The Labute approximate surface area is 199 Å². The summed E-state index contributed by atoms with van der Waals surface area (Å²) in [4.78, 5) is 27.3. The molecule has 1 amide bonds. The van der Waals surface area contributed by atoms with Gasteiger partial charge in [-0.3, -0.25) is 9.59 Å². The molecule has 1 atom stereocenters. The molecule has 0 saturated heterocycles. The van der Waals surface area contributed by atoms with Crippen LogP contribution in [0.5, 0.6) is 0 Å². The number of carbonyl (C=O) groups is 2. The summed E-state index contributed by atoms with van der Waals surface area (Å²) in [5.74, 6) is -2.89. The van der Waals surface area contributed by atoms with E-state index in [1.807, 2.05) is 30.3 Å². The fourth-order valence-corrected chi connectivity index (χ4v) is 4.95. The summed E-state index contributed by atoms with van der Waals surface area (Å²) in [7, 11) is 0. The number of anilines is 1. The van der Waals surface area contributed by atoms with Crippen LogP contribution in [0, 0.1) is 23.1 Å². The van der Waals surface area contributed by atoms with Gasteiger partial charge >= 0.3 is 0 Å². The van der Waals surface area contributed by atoms with E-state index in [1.54, 1.807) is 58.9 Å². The quantitative estimate of drug-likeness (QED) is 0.319. The molecule has 1 aromatic heterocycles. The van der Waals surface area contributed by atoms with E-state index >= 15 is 0 Å². The number of aromatic nitrogens is 2. The number of amides is 1. The first kappa shape index (κ1) is 21.6. The summed E-state index contributed by atoms with van der Waals surface area (Å²) in [5, 5.41) is 16.9. The van der Waals surface area contributed by atoms with Crippen molar-refractivity contribution in [3.05, 3.63) is 95.9 Å². The van der Waals surface area contributed by atoms with Crippen molar-refractivity contribution in [1.29, 1.82) is 5.26 Å². The molecular formula is C26H17FN4O2S. The normalized spacial score (nSPS) is 12.7. The summed E-state index contributed by atoms with van der Waals surface area (Å²) in [6, 6.07) is 24.0. The average molecular weight is 469 g/mol. The van der Waals surface area contributed by atoms with E-state index in [2.05, 4.69) is 10.4 Å². The second-order valence-electron chi connectivity index (χ2n) is 7.63. The monoisotopic (exact) mass is 468 g/mol. The molecule has 2 heterocycles. The minimum atomic E-state index is -1.57. The second-order valence-corrected chi connectivity index (χ2v) is 8.65. The highest BCUT2D eigenvalue weighted by atomic mass is 32.2. The van der Waals surface area contributed by atoms with Crippen molar-refractivity contribution in [3.8, 4) is 23.0 Å². The van der Waals surface area contributed by atoms with Crippen molar-refractivity contribution in [2.24, 2.45) is 5.92 Å². The highest BCUT2D eigenvalue weighted by Crippen LogP contribution is 2.44. The van der Waals surface area contributed by atoms with Gasteiger partial charge in [0.05, 0.1) is 17.5 Å². The van der Waals surface area contributed by atoms with Gasteiger partial charge in [0, 0.05) is 27.5 Å². The van der Waals surface area contributed by atoms with Crippen molar-refractivity contribution in [1.82, 2.24) is 9.78 Å². The SMILES string of the molecule is N#CC(C(=O)Nc1ccccc1)C(=O)c1nn(-c2ccc(F)cc2)c2c1CSc1ccccc1-2. The van der Waals surface area contributed by atoms with Crippen LogP contribution in [0.2, 0.25) is 0 Å². The summed E-state index contributed by atoms with van der Waals surface area (Å²) < 4.78 is 15.2. The van der Waals surface area contributed by atoms with Gasteiger partial charge in [-0.25, -0.2) is 9.07 Å². The molecule has 166 valence electrons.